The van der Waals surface area contributed by atoms with Crippen molar-refractivity contribution in [1.82, 2.24) is 10.3 Å². The van der Waals surface area contributed by atoms with Gasteiger partial charge in [0.05, 0.1) is 0 Å². The molecule has 0 saturated carbocycles. The van der Waals surface area contributed by atoms with Gasteiger partial charge in [-0.25, -0.2) is 4.79 Å². The van der Waals surface area contributed by atoms with E-state index in [1.807, 2.05) is 36.4 Å². The number of carboxylic acid groups (broad SMARTS) is 2. The Labute approximate surface area is 220 Å². The van der Waals surface area contributed by atoms with Gasteiger partial charge in [0.2, 0.25) is 0 Å². The first-order chi connectivity index (χ1) is 18.2. The molecule has 2 aromatic carbocycles. The van der Waals surface area contributed by atoms with Crippen LogP contribution in [0.25, 0.3) is 0 Å². The summed E-state index contributed by atoms with van der Waals surface area (Å²) in [6.07, 6.45) is 4.07. The Morgan fingerprint density at radius 3 is 2.08 bits per heavy atom. The number of rotatable bonds is 12. The monoisotopic (exact) mass is 521 g/mol. The average molecular weight is 522 g/mol. The smallest absolute Gasteiger partial charge is 0.407 e. The first kappa shape index (κ1) is 29.5. The second kappa shape index (κ2) is 16.1. The highest BCUT2D eigenvalue weighted by molar-refractivity contribution is 5.98. The van der Waals surface area contributed by atoms with E-state index in [1.54, 1.807) is 36.7 Å². The molecule has 0 aliphatic heterocycles. The third-order valence-corrected chi connectivity index (χ3v) is 5.24. The fourth-order valence-corrected chi connectivity index (χ4v) is 3.19. The van der Waals surface area contributed by atoms with Crippen LogP contribution >= 0.6 is 0 Å². The van der Waals surface area contributed by atoms with Crippen molar-refractivity contribution in [3.63, 3.8) is 0 Å². The number of nitrogen functional groups attached to an aromatic ring is 1. The average Bonchev–Trinajstić information content (AvgIpc) is 2.91. The molecule has 3 rings (SSSR count). The van der Waals surface area contributed by atoms with Gasteiger partial charge in [0, 0.05) is 55.0 Å². The number of Topliss-reactive ketones (excluding diaryl/α,β-unsaturated/α-hetero) is 1. The minimum Gasteiger partial charge on any atom is -0.481 e. The van der Waals surface area contributed by atoms with E-state index in [0.717, 1.165) is 16.7 Å². The molecule has 0 spiro atoms. The van der Waals surface area contributed by atoms with Crippen molar-refractivity contribution in [2.24, 2.45) is 0 Å². The number of nitrogens with zero attached hydrogens (tertiary/aromatic N) is 1. The number of aromatic nitrogens is 1. The minimum absolute atomic E-state index is 0.00621. The largest absolute Gasteiger partial charge is 0.481 e. The van der Waals surface area contributed by atoms with Crippen LogP contribution in [-0.2, 0) is 33.9 Å². The van der Waals surface area contributed by atoms with Crippen LogP contribution in [0.15, 0.2) is 73.1 Å². The number of benzene rings is 2. The number of carboxylic acids is 2. The van der Waals surface area contributed by atoms with Crippen LogP contribution in [0.5, 0.6) is 0 Å². The lowest BCUT2D eigenvalue weighted by Crippen LogP contribution is -2.23. The highest BCUT2D eigenvalue weighted by Gasteiger charge is 2.10. The lowest BCUT2D eigenvalue weighted by atomic mass is 10.0. The molecule has 200 valence electrons. The Balaban J connectivity index is 0.000000432. The molecule has 5 N–H and O–H groups in total. The van der Waals surface area contributed by atoms with Gasteiger partial charge in [0.25, 0.3) is 0 Å². The number of ketones is 1. The van der Waals surface area contributed by atoms with E-state index in [0.29, 0.717) is 30.6 Å². The standard InChI is InChI=1S/C22H21N3O3.C6H10O4/c23-20-6-2-1-5-19(20)12-21(26)18-9-7-16(8-10-18)14-25-22(27)28-15-17-4-3-11-24-13-17;7-5(8)3-1-2-4-6(9)10/h1-11,13H,12,14-15,23H2,(H,25,27);1-4H2,(H,7,8)(H,9,10). The minimum atomic E-state index is -0.870. The van der Waals surface area contributed by atoms with Crippen LogP contribution in [-0.4, -0.2) is 39.0 Å². The summed E-state index contributed by atoms with van der Waals surface area (Å²) in [7, 11) is 0. The normalized spacial score (nSPS) is 10.0. The van der Waals surface area contributed by atoms with Crippen molar-refractivity contribution in [3.05, 3.63) is 95.3 Å². The molecular formula is C28H31N3O7. The summed E-state index contributed by atoms with van der Waals surface area (Å²) < 4.78 is 5.13. The predicted molar refractivity (Wildman–Crippen MR) is 140 cm³/mol. The summed E-state index contributed by atoms with van der Waals surface area (Å²) in [5.74, 6) is -1.75. The molecule has 0 atom stereocenters. The quantitative estimate of drug-likeness (QED) is 0.155. The van der Waals surface area contributed by atoms with Gasteiger partial charge in [-0.1, -0.05) is 48.5 Å². The molecule has 38 heavy (non-hydrogen) atoms. The number of carbonyl (C=O) groups excluding carboxylic acids is 2. The van der Waals surface area contributed by atoms with Crippen molar-refractivity contribution in [2.75, 3.05) is 5.73 Å². The van der Waals surface area contributed by atoms with E-state index < -0.39 is 18.0 Å². The number of hydrogen-bond acceptors (Lipinski definition) is 7. The van der Waals surface area contributed by atoms with E-state index in [1.165, 1.54) is 0 Å². The van der Waals surface area contributed by atoms with Crippen LogP contribution in [0.3, 0.4) is 0 Å². The van der Waals surface area contributed by atoms with Gasteiger partial charge in [-0.2, -0.15) is 0 Å². The van der Waals surface area contributed by atoms with Gasteiger partial charge in [-0.15, -0.1) is 0 Å². The second-order valence-corrected chi connectivity index (χ2v) is 8.28. The maximum Gasteiger partial charge on any atom is 0.407 e. The molecular weight excluding hydrogens is 490 g/mol. The fraction of sp³-hybridized carbons (Fsp3) is 0.250. The van der Waals surface area contributed by atoms with Crippen LogP contribution < -0.4 is 11.1 Å². The number of aliphatic carboxylic acids is 2. The van der Waals surface area contributed by atoms with Gasteiger partial charge < -0.3 is 26.0 Å². The summed E-state index contributed by atoms with van der Waals surface area (Å²) in [4.78, 5) is 48.0. The Bertz CT molecular complexity index is 1180. The van der Waals surface area contributed by atoms with Gasteiger partial charge in [0.15, 0.2) is 5.78 Å². The number of para-hydroxylation sites is 1. The maximum absolute atomic E-state index is 12.4. The molecule has 3 aromatic rings. The molecule has 10 nitrogen and oxygen atoms in total. The van der Waals surface area contributed by atoms with Crippen LogP contribution in [0, 0.1) is 0 Å². The van der Waals surface area contributed by atoms with Crippen molar-refractivity contribution in [3.8, 4) is 0 Å². The number of anilines is 1. The van der Waals surface area contributed by atoms with Crippen molar-refractivity contribution in [1.29, 1.82) is 0 Å². The fourth-order valence-electron chi connectivity index (χ4n) is 3.19. The first-order valence-corrected chi connectivity index (χ1v) is 11.9. The van der Waals surface area contributed by atoms with Crippen LogP contribution in [0.2, 0.25) is 0 Å². The number of carbonyl (C=O) groups is 4. The Morgan fingerprint density at radius 1 is 0.842 bits per heavy atom. The molecule has 0 aliphatic carbocycles. The summed E-state index contributed by atoms with van der Waals surface area (Å²) in [6.45, 7) is 0.474. The van der Waals surface area contributed by atoms with E-state index in [9.17, 15) is 19.2 Å². The number of alkyl carbamates (subject to hydrolysis) is 1. The molecule has 0 radical (unpaired) electrons. The van der Waals surface area contributed by atoms with Gasteiger partial charge in [-0.3, -0.25) is 19.4 Å². The highest BCUT2D eigenvalue weighted by atomic mass is 16.5. The first-order valence-electron chi connectivity index (χ1n) is 11.9. The second-order valence-electron chi connectivity index (χ2n) is 8.28. The zero-order valence-electron chi connectivity index (χ0n) is 20.8. The number of nitrogens with one attached hydrogen (secondary N) is 1. The Hall–Kier alpha value is -4.73. The zero-order valence-corrected chi connectivity index (χ0v) is 20.8. The van der Waals surface area contributed by atoms with Crippen LogP contribution in [0.1, 0.15) is 52.7 Å². The number of amides is 1. The molecule has 0 saturated heterocycles. The lowest BCUT2D eigenvalue weighted by Gasteiger charge is -2.08. The number of unbranched alkanes of at least 4 members (excludes halogenated alkanes) is 1. The third-order valence-electron chi connectivity index (χ3n) is 5.24. The van der Waals surface area contributed by atoms with Gasteiger partial charge >= 0.3 is 18.0 Å². The van der Waals surface area contributed by atoms with E-state index in [-0.39, 0.29) is 31.7 Å². The van der Waals surface area contributed by atoms with Crippen molar-refractivity contribution >= 4 is 29.5 Å². The SMILES string of the molecule is Nc1ccccc1CC(=O)c1ccc(CNC(=O)OCc2cccnc2)cc1.O=C(O)CCCCC(=O)O. The summed E-state index contributed by atoms with van der Waals surface area (Å²) in [6, 6.07) is 18.1. The predicted octanol–water partition coefficient (Wildman–Crippen LogP) is 4.23. The van der Waals surface area contributed by atoms with Gasteiger partial charge in [0.1, 0.15) is 6.61 Å². The van der Waals surface area contributed by atoms with E-state index in [2.05, 4.69) is 10.3 Å². The third kappa shape index (κ3) is 11.8. The molecule has 1 aromatic heterocycles. The Morgan fingerprint density at radius 2 is 1.50 bits per heavy atom. The molecule has 0 aliphatic rings. The van der Waals surface area contributed by atoms with Crippen LogP contribution in [0.4, 0.5) is 10.5 Å². The zero-order chi connectivity index (χ0) is 27.8. The molecule has 10 heteroatoms. The number of ether oxygens (including phenoxy) is 1. The summed E-state index contributed by atoms with van der Waals surface area (Å²) >= 11 is 0. The van der Waals surface area contributed by atoms with E-state index >= 15 is 0 Å². The number of hydrogen-bond donors (Lipinski definition) is 4. The summed E-state index contributed by atoms with van der Waals surface area (Å²) in [5, 5.41) is 18.9. The molecule has 0 bridgehead atoms. The lowest BCUT2D eigenvalue weighted by molar-refractivity contribution is -0.139. The van der Waals surface area contributed by atoms with Crippen molar-refractivity contribution < 1.29 is 34.1 Å². The Kier molecular flexibility index (Phi) is 12.5. The van der Waals surface area contributed by atoms with Gasteiger partial charge in [-0.05, 0) is 36.1 Å². The number of pyridine rings is 1. The molecule has 0 fully saturated rings. The summed E-state index contributed by atoms with van der Waals surface area (Å²) in [5.41, 5.74) is 9.61. The molecule has 1 heterocycles. The molecule has 1 amide bonds. The number of nitrogens with two attached hydrogens (primary N) is 1. The highest BCUT2D eigenvalue weighted by Crippen LogP contribution is 2.15. The topological polar surface area (TPSA) is 169 Å². The molecule has 0 unspecified atom stereocenters. The van der Waals surface area contributed by atoms with Crippen molar-refractivity contribution in [2.45, 2.75) is 45.3 Å². The van der Waals surface area contributed by atoms with E-state index in [4.69, 9.17) is 20.7 Å². The maximum atomic E-state index is 12.4.